The number of carbonyl (C=O) groups is 1. The van der Waals surface area contributed by atoms with Gasteiger partial charge in [-0.1, -0.05) is 0 Å². The number of nitrogens with one attached hydrogen (secondary N) is 1. The molecule has 1 N–H and O–H groups in total. The van der Waals surface area contributed by atoms with Crippen molar-refractivity contribution < 1.29 is 14.4 Å². The van der Waals surface area contributed by atoms with E-state index in [-0.39, 0.29) is 17.4 Å². The molecule has 12 heavy (non-hydrogen) atoms. The quantitative estimate of drug-likeness (QED) is 0.618. The third kappa shape index (κ3) is 2.79. The number of amides is 1. The maximum atomic E-state index is 11.2. The summed E-state index contributed by atoms with van der Waals surface area (Å²) < 4.78 is 4.87. The van der Waals surface area contributed by atoms with Crippen LogP contribution < -0.4 is 5.48 Å². The van der Waals surface area contributed by atoms with Crippen LogP contribution in [-0.2, 0) is 14.4 Å². The summed E-state index contributed by atoms with van der Waals surface area (Å²) in [4.78, 5) is 16.2. The lowest BCUT2D eigenvalue weighted by atomic mass is 10.1. The van der Waals surface area contributed by atoms with Crippen LogP contribution in [0.1, 0.15) is 20.8 Å². The van der Waals surface area contributed by atoms with Gasteiger partial charge in [0.05, 0.1) is 24.7 Å². The molecule has 0 spiro atoms. The molecule has 70 valence electrons. The molecule has 4 heteroatoms. The van der Waals surface area contributed by atoms with Crippen LogP contribution >= 0.6 is 0 Å². The third-order valence-electron chi connectivity index (χ3n) is 1.47. The monoisotopic (exact) mass is 173 g/mol. The van der Waals surface area contributed by atoms with E-state index in [2.05, 4.69) is 5.48 Å². The van der Waals surface area contributed by atoms with Gasteiger partial charge >= 0.3 is 0 Å². The van der Waals surface area contributed by atoms with Gasteiger partial charge in [0.15, 0.2) is 0 Å². The highest BCUT2D eigenvalue weighted by Gasteiger charge is 2.27. The van der Waals surface area contributed by atoms with Crippen molar-refractivity contribution in [1.29, 1.82) is 0 Å². The third-order valence-corrected chi connectivity index (χ3v) is 1.47. The van der Waals surface area contributed by atoms with E-state index < -0.39 is 0 Å². The van der Waals surface area contributed by atoms with Crippen LogP contribution in [0.3, 0.4) is 0 Å². The van der Waals surface area contributed by atoms with Crippen molar-refractivity contribution in [2.24, 2.45) is 5.92 Å². The first kappa shape index (κ1) is 9.48. The Morgan fingerprint density at radius 1 is 1.50 bits per heavy atom. The van der Waals surface area contributed by atoms with Crippen LogP contribution in [0, 0.1) is 5.92 Å². The number of carbonyl (C=O) groups excluding carboxylic acids is 1. The Morgan fingerprint density at radius 2 is 2.08 bits per heavy atom. The minimum Gasteiger partial charge on any atom is -0.380 e. The first-order valence-electron chi connectivity index (χ1n) is 4.04. The van der Waals surface area contributed by atoms with Crippen molar-refractivity contribution in [3.8, 4) is 0 Å². The number of hydroxylamine groups is 1. The van der Waals surface area contributed by atoms with E-state index in [1.165, 1.54) is 0 Å². The molecule has 0 aromatic rings. The first-order chi connectivity index (χ1) is 5.49. The van der Waals surface area contributed by atoms with Gasteiger partial charge in [0, 0.05) is 0 Å². The summed E-state index contributed by atoms with van der Waals surface area (Å²) in [7, 11) is 0. The average Bonchev–Trinajstić information content (AvgIpc) is 1.78. The normalized spacial score (nSPS) is 18.6. The Morgan fingerprint density at radius 3 is 2.42 bits per heavy atom. The van der Waals surface area contributed by atoms with E-state index in [1.54, 1.807) is 0 Å². The Hall–Kier alpha value is -0.610. The van der Waals surface area contributed by atoms with E-state index in [9.17, 15) is 4.79 Å². The summed E-state index contributed by atoms with van der Waals surface area (Å²) in [6.45, 7) is 6.67. The van der Waals surface area contributed by atoms with Gasteiger partial charge in [-0.2, -0.15) is 0 Å². The van der Waals surface area contributed by atoms with Gasteiger partial charge in [-0.3, -0.25) is 9.63 Å². The van der Waals surface area contributed by atoms with Gasteiger partial charge < -0.3 is 4.74 Å². The zero-order chi connectivity index (χ0) is 9.19. The molecular formula is C8H15NO3. The van der Waals surface area contributed by atoms with E-state index in [0.29, 0.717) is 13.2 Å². The number of hydrogen-bond acceptors (Lipinski definition) is 3. The zero-order valence-electron chi connectivity index (χ0n) is 7.72. The molecule has 0 saturated carbocycles. The lowest BCUT2D eigenvalue weighted by Crippen LogP contribution is -2.44. The SMILES string of the molecule is CC(C)(C)ONC(=O)C1COC1. The maximum Gasteiger partial charge on any atom is 0.251 e. The molecule has 1 saturated heterocycles. The van der Waals surface area contributed by atoms with Crippen LogP contribution in [-0.4, -0.2) is 24.7 Å². The van der Waals surface area contributed by atoms with E-state index in [4.69, 9.17) is 9.57 Å². The molecule has 1 rings (SSSR count). The average molecular weight is 173 g/mol. The minimum atomic E-state index is -0.333. The van der Waals surface area contributed by atoms with E-state index >= 15 is 0 Å². The van der Waals surface area contributed by atoms with Crippen LogP contribution in [0.5, 0.6) is 0 Å². The van der Waals surface area contributed by atoms with Crippen LogP contribution in [0.15, 0.2) is 0 Å². The fourth-order valence-electron chi connectivity index (χ4n) is 0.674. The minimum absolute atomic E-state index is 0.0210. The van der Waals surface area contributed by atoms with Crippen molar-refractivity contribution in [3.05, 3.63) is 0 Å². The number of rotatable bonds is 2. The summed E-state index contributed by atoms with van der Waals surface area (Å²) >= 11 is 0. The fraction of sp³-hybridized carbons (Fsp3) is 0.875. The Labute approximate surface area is 72.2 Å². The van der Waals surface area contributed by atoms with Gasteiger partial charge in [0.25, 0.3) is 5.91 Å². The van der Waals surface area contributed by atoms with Crippen molar-refractivity contribution in [2.45, 2.75) is 26.4 Å². The van der Waals surface area contributed by atoms with Gasteiger partial charge in [0.2, 0.25) is 0 Å². The molecule has 4 nitrogen and oxygen atoms in total. The zero-order valence-corrected chi connectivity index (χ0v) is 7.72. The summed E-state index contributed by atoms with van der Waals surface area (Å²) in [6, 6.07) is 0. The van der Waals surface area contributed by atoms with Crippen LogP contribution in [0.4, 0.5) is 0 Å². The first-order valence-corrected chi connectivity index (χ1v) is 4.04. The fourth-order valence-corrected chi connectivity index (χ4v) is 0.674. The lowest BCUT2D eigenvalue weighted by Gasteiger charge is -2.26. The molecule has 1 aliphatic rings. The van der Waals surface area contributed by atoms with Crippen molar-refractivity contribution in [2.75, 3.05) is 13.2 Å². The topological polar surface area (TPSA) is 47.6 Å². The predicted molar refractivity (Wildman–Crippen MR) is 43.3 cm³/mol. The lowest BCUT2D eigenvalue weighted by molar-refractivity contribution is -0.162. The summed E-state index contributed by atoms with van der Waals surface area (Å²) in [5.74, 6) is -0.108. The summed E-state index contributed by atoms with van der Waals surface area (Å²) in [6.07, 6.45) is 0. The summed E-state index contributed by atoms with van der Waals surface area (Å²) in [5.41, 5.74) is 2.07. The van der Waals surface area contributed by atoms with Gasteiger partial charge in [0.1, 0.15) is 0 Å². The summed E-state index contributed by atoms with van der Waals surface area (Å²) in [5, 5.41) is 0. The highest BCUT2D eigenvalue weighted by molar-refractivity contribution is 5.78. The van der Waals surface area contributed by atoms with Gasteiger partial charge in [-0.25, -0.2) is 5.48 Å². The van der Waals surface area contributed by atoms with Crippen molar-refractivity contribution >= 4 is 5.91 Å². The number of ether oxygens (including phenoxy) is 1. The molecule has 1 fully saturated rings. The van der Waals surface area contributed by atoms with E-state index in [1.807, 2.05) is 20.8 Å². The second-order valence-electron chi connectivity index (χ2n) is 3.92. The molecule has 1 aliphatic heterocycles. The second kappa shape index (κ2) is 3.41. The van der Waals surface area contributed by atoms with Gasteiger partial charge in [-0.05, 0) is 20.8 Å². The van der Waals surface area contributed by atoms with E-state index in [0.717, 1.165) is 0 Å². The second-order valence-corrected chi connectivity index (χ2v) is 3.92. The standard InChI is InChI=1S/C8H15NO3/c1-8(2,3)12-9-7(10)6-4-11-5-6/h6H,4-5H2,1-3H3,(H,9,10). The molecule has 0 aliphatic carbocycles. The number of hydrogen-bond donors (Lipinski definition) is 1. The highest BCUT2D eigenvalue weighted by atomic mass is 16.7. The smallest absolute Gasteiger partial charge is 0.251 e. The Kier molecular flexibility index (Phi) is 2.69. The molecule has 0 aromatic heterocycles. The van der Waals surface area contributed by atoms with Gasteiger partial charge in [-0.15, -0.1) is 0 Å². The highest BCUT2D eigenvalue weighted by Crippen LogP contribution is 2.10. The Balaban J connectivity index is 2.18. The molecule has 1 heterocycles. The van der Waals surface area contributed by atoms with Crippen LogP contribution in [0.2, 0.25) is 0 Å². The van der Waals surface area contributed by atoms with Crippen LogP contribution in [0.25, 0.3) is 0 Å². The molecule has 0 radical (unpaired) electrons. The molecule has 0 atom stereocenters. The van der Waals surface area contributed by atoms with Crippen molar-refractivity contribution in [3.63, 3.8) is 0 Å². The van der Waals surface area contributed by atoms with Crippen molar-refractivity contribution in [1.82, 2.24) is 5.48 Å². The molecular weight excluding hydrogens is 158 g/mol. The molecule has 0 bridgehead atoms. The molecule has 0 unspecified atom stereocenters. The molecule has 1 amide bonds. The Bertz CT molecular complexity index is 170. The largest absolute Gasteiger partial charge is 0.380 e. The molecule has 0 aromatic carbocycles. The maximum absolute atomic E-state index is 11.2. The predicted octanol–water partition coefficient (Wildman–Crippen LogP) is 0.479.